The minimum atomic E-state index is 0.182. The predicted molar refractivity (Wildman–Crippen MR) is 72.6 cm³/mol. The number of para-hydroxylation sites is 1. The summed E-state index contributed by atoms with van der Waals surface area (Å²) in [6.07, 6.45) is 1.15. The van der Waals surface area contributed by atoms with Gasteiger partial charge in [-0.1, -0.05) is 18.2 Å². The molecular formula is C15H21NO3. The lowest BCUT2D eigenvalue weighted by Crippen LogP contribution is -2.38. The molecule has 19 heavy (non-hydrogen) atoms. The Morgan fingerprint density at radius 3 is 2.89 bits per heavy atom. The topological polar surface area (TPSA) is 30.9 Å². The summed E-state index contributed by atoms with van der Waals surface area (Å²) in [6, 6.07) is 8.23. The highest BCUT2D eigenvalue weighted by atomic mass is 16.5. The summed E-state index contributed by atoms with van der Waals surface area (Å²) in [4.78, 5) is 2.38. The molecule has 0 spiro atoms. The monoisotopic (exact) mass is 263 g/mol. The van der Waals surface area contributed by atoms with Crippen LogP contribution in [0.4, 0.5) is 0 Å². The molecular weight excluding hydrogens is 242 g/mol. The maximum Gasteiger partial charge on any atom is 0.126 e. The highest BCUT2D eigenvalue weighted by molar-refractivity contribution is 5.37. The molecule has 2 aliphatic rings. The van der Waals surface area contributed by atoms with E-state index >= 15 is 0 Å². The molecule has 1 unspecified atom stereocenters. The van der Waals surface area contributed by atoms with Crippen molar-refractivity contribution in [3.05, 3.63) is 29.8 Å². The van der Waals surface area contributed by atoms with Crippen LogP contribution in [0.15, 0.2) is 24.3 Å². The fourth-order valence-corrected chi connectivity index (χ4v) is 2.58. The summed E-state index contributed by atoms with van der Waals surface area (Å²) in [6.45, 7) is 6.18. The molecule has 3 rings (SSSR count). The van der Waals surface area contributed by atoms with Crippen molar-refractivity contribution in [2.75, 3.05) is 46.1 Å². The van der Waals surface area contributed by atoms with Gasteiger partial charge in [0.25, 0.3) is 0 Å². The second-order valence-electron chi connectivity index (χ2n) is 5.08. The minimum absolute atomic E-state index is 0.182. The van der Waals surface area contributed by atoms with Crippen molar-refractivity contribution >= 4 is 0 Å². The Morgan fingerprint density at radius 1 is 1.21 bits per heavy atom. The number of fused-ring (bicyclic) bond motifs is 1. The number of rotatable bonds is 5. The minimum Gasteiger partial charge on any atom is -0.487 e. The summed E-state index contributed by atoms with van der Waals surface area (Å²) in [7, 11) is 0. The number of hydrogen-bond acceptors (Lipinski definition) is 4. The van der Waals surface area contributed by atoms with Gasteiger partial charge in [-0.15, -0.1) is 0 Å². The largest absolute Gasteiger partial charge is 0.487 e. The zero-order chi connectivity index (χ0) is 12.9. The van der Waals surface area contributed by atoms with E-state index in [1.807, 2.05) is 12.1 Å². The van der Waals surface area contributed by atoms with E-state index in [1.54, 1.807) is 0 Å². The van der Waals surface area contributed by atoms with E-state index in [0.29, 0.717) is 6.61 Å². The van der Waals surface area contributed by atoms with Crippen LogP contribution in [0, 0.1) is 0 Å². The van der Waals surface area contributed by atoms with Crippen LogP contribution >= 0.6 is 0 Å². The van der Waals surface area contributed by atoms with Crippen molar-refractivity contribution in [3.8, 4) is 5.75 Å². The summed E-state index contributed by atoms with van der Waals surface area (Å²) in [5.74, 6) is 1.02. The third-order valence-electron chi connectivity index (χ3n) is 3.67. The number of nitrogens with zero attached hydrogens (tertiary/aromatic N) is 1. The van der Waals surface area contributed by atoms with Crippen molar-refractivity contribution in [2.45, 2.75) is 12.5 Å². The molecule has 4 heteroatoms. The van der Waals surface area contributed by atoms with Crippen LogP contribution in [-0.2, 0) is 15.9 Å². The van der Waals surface area contributed by atoms with E-state index in [9.17, 15) is 0 Å². The van der Waals surface area contributed by atoms with Crippen LogP contribution in [0.25, 0.3) is 0 Å². The molecule has 2 aliphatic heterocycles. The molecule has 1 atom stereocenters. The van der Waals surface area contributed by atoms with Gasteiger partial charge in [0, 0.05) is 26.1 Å². The van der Waals surface area contributed by atoms with Gasteiger partial charge < -0.3 is 14.2 Å². The molecule has 1 fully saturated rings. The Balaban J connectivity index is 1.33. The van der Waals surface area contributed by atoms with Crippen molar-refractivity contribution in [3.63, 3.8) is 0 Å². The van der Waals surface area contributed by atoms with Crippen molar-refractivity contribution in [2.24, 2.45) is 0 Å². The van der Waals surface area contributed by atoms with Crippen LogP contribution in [0.3, 0.4) is 0 Å². The van der Waals surface area contributed by atoms with Crippen molar-refractivity contribution < 1.29 is 14.2 Å². The fourth-order valence-electron chi connectivity index (χ4n) is 2.58. The Morgan fingerprint density at radius 2 is 2.05 bits per heavy atom. The first-order valence-electron chi connectivity index (χ1n) is 7.04. The maximum atomic E-state index is 5.84. The van der Waals surface area contributed by atoms with Crippen LogP contribution in [-0.4, -0.2) is 57.1 Å². The summed E-state index contributed by atoms with van der Waals surface area (Å²) in [5, 5.41) is 0. The molecule has 2 heterocycles. The lowest BCUT2D eigenvalue weighted by molar-refractivity contribution is 0.00895. The van der Waals surface area contributed by atoms with Crippen molar-refractivity contribution in [1.82, 2.24) is 4.90 Å². The molecule has 1 saturated heterocycles. The van der Waals surface area contributed by atoms with Gasteiger partial charge in [-0.3, -0.25) is 4.90 Å². The van der Waals surface area contributed by atoms with E-state index in [2.05, 4.69) is 17.0 Å². The third-order valence-corrected chi connectivity index (χ3v) is 3.67. The molecule has 4 nitrogen and oxygen atoms in total. The molecule has 1 aromatic carbocycles. The van der Waals surface area contributed by atoms with Gasteiger partial charge in [0.05, 0.1) is 26.4 Å². The molecule has 0 amide bonds. The molecule has 1 aromatic rings. The highest BCUT2D eigenvalue weighted by Crippen LogP contribution is 2.28. The zero-order valence-corrected chi connectivity index (χ0v) is 11.2. The SMILES string of the molecule is c1ccc2c(c1)CC(COCCN1CCOCC1)O2. The van der Waals surface area contributed by atoms with Gasteiger partial charge in [0.1, 0.15) is 11.9 Å². The number of benzene rings is 1. The van der Waals surface area contributed by atoms with E-state index in [4.69, 9.17) is 14.2 Å². The second kappa shape index (κ2) is 6.37. The molecule has 0 saturated carbocycles. The second-order valence-corrected chi connectivity index (χ2v) is 5.08. The van der Waals surface area contributed by atoms with E-state index in [1.165, 1.54) is 5.56 Å². The van der Waals surface area contributed by atoms with E-state index < -0.39 is 0 Å². The summed E-state index contributed by atoms with van der Waals surface area (Å²) >= 11 is 0. The molecule has 104 valence electrons. The smallest absolute Gasteiger partial charge is 0.126 e. The molecule has 0 aliphatic carbocycles. The first-order valence-corrected chi connectivity index (χ1v) is 7.04. The van der Waals surface area contributed by atoms with Crippen LogP contribution in [0.5, 0.6) is 5.75 Å². The van der Waals surface area contributed by atoms with Gasteiger partial charge in [0.15, 0.2) is 0 Å². The summed E-state index contributed by atoms with van der Waals surface area (Å²) < 4.78 is 16.9. The summed E-state index contributed by atoms with van der Waals surface area (Å²) in [5.41, 5.74) is 1.30. The predicted octanol–water partition coefficient (Wildman–Crippen LogP) is 1.34. The average molecular weight is 263 g/mol. The molecule has 0 radical (unpaired) electrons. The highest BCUT2D eigenvalue weighted by Gasteiger charge is 2.22. The first kappa shape index (κ1) is 12.9. The van der Waals surface area contributed by atoms with E-state index in [0.717, 1.165) is 51.6 Å². The van der Waals surface area contributed by atoms with Gasteiger partial charge in [-0.05, 0) is 11.6 Å². The van der Waals surface area contributed by atoms with Crippen molar-refractivity contribution in [1.29, 1.82) is 0 Å². The maximum absolute atomic E-state index is 5.84. The Kier molecular flexibility index (Phi) is 4.33. The lowest BCUT2D eigenvalue weighted by atomic mass is 10.1. The molecule has 0 N–H and O–H groups in total. The van der Waals surface area contributed by atoms with Gasteiger partial charge in [-0.2, -0.15) is 0 Å². The third kappa shape index (κ3) is 3.47. The fraction of sp³-hybridized carbons (Fsp3) is 0.600. The number of morpholine rings is 1. The van der Waals surface area contributed by atoms with Gasteiger partial charge in [0.2, 0.25) is 0 Å². The van der Waals surface area contributed by atoms with E-state index in [-0.39, 0.29) is 6.10 Å². The quantitative estimate of drug-likeness (QED) is 0.750. The Hall–Kier alpha value is -1.10. The average Bonchev–Trinajstić information content (AvgIpc) is 2.87. The Bertz CT molecular complexity index is 379. The zero-order valence-electron chi connectivity index (χ0n) is 11.2. The van der Waals surface area contributed by atoms with Crippen LogP contribution in [0.2, 0.25) is 0 Å². The first-order chi connectivity index (χ1) is 9.42. The van der Waals surface area contributed by atoms with Gasteiger partial charge >= 0.3 is 0 Å². The number of ether oxygens (including phenoxy) is 3. The van der Waals surface area contributed by atoms with Gasteiger partial charge in [-0.25, -0.2) is 0 Å². The lowest BCUT2D eigenvalue weighted by Gasteiger charge is -2.26. The van der Waals surface area contributed by atoms with Crippen LogP contribution in [0.1, 0.15) is 5.56 Å². The Labute approximate surface area is 114 Å². The number of hydrogen-bond donors (Lipinski definition) is 0. The molecule has 0 aromatic heterocycles. The standard InChI is InChI=1S/C15H21NO3/c1-2-4-15-13(3-1)11-14(19-15)12-18-10-7-16-5-8-17-9-6-16/h1-4,14H,5-12H2. The molecule has 0 bridgehead atoms. The van der Waals surface area contributed by atoms with Crippen LogP contribution < -0.4 is 4.74 Å². The normalized spacial score (nSPS) is 23.1.